The van der Waals surface area contributed by atoms with E-state index in [0.29, 0.717) is 5.92 Å². The van der Waals surface area contributed by atoms with E-state index in [1.807, 2.05) is 12.1 Å². The Hall–Kier alpha value is -1.15. The molecule has 0 saturated heterocycles. The number of rotatable bonds is 4. The van der Waals surface area contributed by atoms with Crippen LogP contribution in [0.2, 0.25) is 0 Å². The molecule has 0 spiro atoms. The first-order valence-corrected chi connectivity index (χ1v) is 7.46. The van der Waals surface area contributed by atoms with E-state index in [4.69, 9.17) is 4.74 Å². The summed E-state index contributed by atoms with van der Waals surface area (Å²) in [6, 6.07) is 8.16. The first-order chi connectivity index (χ1) is 9.27. The fourth-order valence-corrected chi connectivity index (χ4v) is 3.49. The smallest absolute Gasteiger partial charge is 0.194 e. The number of methoxy groups -OCH3 is 1. The van der Waals surface area contributed by atoms with Crippen molar-refractivity contribution in [2.24, 2.45) is 0 Å². The molecule has 1 aromatic carbocycles. The number of ether oxygens (including phenoxy) is 1. The van der Waals surface area contributed by atoms with E-state index < -0.39 is 5.60 Å². The summed E-state index contributed by atoms with van der Waals surface area (Å²) in [6.45, 7) is 0. The molecule has 0 heterocycles. The maximum atomic E-state index is 12.9. The van der Waals surface area contributed by atoms with Crippen LogP contribution >= 0.6 is 0 Å². The van der Waals surface area contributed by atoms with Crippen LogP contribution in [0.15, 0.2) is 24.3 Å². The van der Waals surface area contributed by atoms with Crippen molar-refractivity contribution in [3.63, 3.8) is 0 Å². The Labute approximate surface area is 115 Å². The summed E-state index contributed by atoms with van der Waals surface area (Å²) in [7, 11) is 1.69. The molecule has 2 saturated carbocycles. The van der Waals surface area contributed by atoms with Gasteiger partial charge in [0.25, 0.3) is 0 Å². The Kier molecular flexibility index (Phi) is 3.44. The number of benzene rings is 1. The van der Waals surface area contributed by atoms with Crippen LogP contribution in [-0.2, 0) is 4.74 Å². The lowest BCUT2D eigenvalue weighted by Crippen LogP contribution is -2.38. The summed E-state index contributed by atoms with van der Waals surface area (Å²) in [5.74, 6) is 0.811. The third kappa shape index (κ3) is 2.12. The number of hydrogen-bond donors (Lipinski definition) is 0. The zero-order chi connectivity index (χ0) is 13.3. The predicted molar refractivity (Wildman–Crippen MR) is 75.6 cm³/mol. The van der Waals surface area contributed by atoms with Gasteiger partial charge in [-0.05, 0) is 50.0 Å². The third-order valence-corrected chi connectivity index (χ3v) is 4.97. The quantitative estimate of drug-likeness (QED) is 0.760. The highest BCUT2D eigenvalue weighted by atomic mass is 16.5. The van der Waals surface area contributed by atoms with Crippen molar-refractivity contribution in [3.8, 4) is 0 Å². The molecule has 19 heavy (non-hydrogen) atoms. The molecule has 1 aromatic rings. The van der Waals surface area contributed by atoms with E-state index in [1.165, 1.54) is 24.8 Å². The normalized spacial score (nSPS) is 22.2. The second kappa shape index (κ2) is 5.09. The molecule has 0 bridgehead atoms. The number of ketones is 1. The van der Waals surface area contributed by atoms with E-state index in [1.54, 1.807) is 7.11 Å². The van der Waals surface area contributed by atoms with Gasteiger partial charge in [0.15, 0.2) is 5.78 Å². The maximum Gasteiger partial charge on any atom is 0.194 e. The lowest BCUT2D eigenvalue weighted by atomic mass is 9.76. The second-order valence-corrected chi connectivity index (χ2v) is 5.95. The fourth-order valence-electron chi connectivity index (χ4n) is 3.49. The van der Waals surface area contributed by atoms with Gasteiger partial charge >= 0.3 is 0 Å². The van der Waals surface area contributed by atoms with Gasteiger partial charge in [0.05, 0.1) is 0 Å². The van der Waals surface area contributed by atoms with Crippen LogP contribution < -0.4 is 0 Å². The maximum absolute atomic E-state index is 12.9. The minimum Gasteiger partial charge on any atom is -0.370 e. The number of carbonyl (C=O) groups excluding carboxylic acids is 1. The highest BCUT2D eigenvalue weighted by Gasteiger charge is 2.42. The Bertz CT molecular complexity index is 468. The van der Waals surface area contributed by atoms with Gasteiger partial charge in [-0.2, -0.15) is 0 Å². The van der Waals surface area contributed by atoms with Crippen LogP contribution in [0, 0.1) is 0 Å². The molecule has 2 fully saturated rings. The van der Waals surface area contributed by atoms with Crippen LogP contribution in [0.25, 0.3) is 0 Å². The number of Topliss-reactive ketones (excluding diaryl/α,β-unsaturated/α-hetero) is 1. The van der Waals surface area contributed by atoms with Gasteiger partial charge in [-0.25, -0.2) is 0 Å². The van der Waals surface area contributed by atoms with Crippen molar-refractivity contribution in [2.45, 2.75) is 56.5 Å². The van der Waals surface area contributed by atoms with Crippen LogP contribution in [0.3, 0.4) is 0 Å². The van der Waals surface area contributed by atoms with Crippen LogP contribution in [-0.4, -0.2) is 18.5 Å². The summed E-state index contributed by atoms with van der Waals surface area (Å²) in [6.07, 6.45) is 7.70. The molecule has 0 radical (unpaired) electrons. The predicted octanol–water partition coefficient (Wildman–Crippen LogP) is 4.10. The average Bonchev–Trinajstić information content (AvgIpc) is 2.86. The van der Waals surface area contributed by atoms with E-state index in [-0.39, 0.29) is 5.78 Å². The van der Waals surface area contributed by atoms with Crippen LogP contribution in [0.4, 0.5) is 0 Å². The van der Waals surface area contributed by atoms with Crippen LogP contribution in [0.5, 0.6) is 0 Å². The molecule has 3 rings (SSSR count). The summed E-state index contributed by atoms with van der Waals surface area (Å²) < 4.78 is 5.65. The van der Waals surface area contributed by atoms with Gasteiger partial charge in [0, 0.05) is 12.7 Å². The molecule has 2 aliphatic carbocycles. The molecule has 0 unspecified atom stereocenters. The molecule has 2 aliphatic rings. The zero-order valence-corrected chi connectivity index (χ0v) is 11.7. The second-order valence-electron chi connectivity index (χ2n) is 5.95. The monoisotopic (exact) mass is 258 g/mol. The highest BCUT2D eigenvalue weighted by Crippen LogP contribution is 2.41. The molecule has 0 atom stereocenters. The third-order valence-electron chi connectivity index (χ3n) is 4.97. The molecule has 0 aliphatic heterocycles. The lowest BCUT2D eigenvalue weighted by Gasteiger charge is -2.31. The standard InChI is InChI=1S/C17H22O2/c1-19-17(11-4-5-12-17)16(18)15-10-3-2-9-14(15)13-7-6-8-13/h2-3,9-10,13H,4-8,11-12H2,1H3. The summed E-state index contributed by atoms with van der Waals surface area (Å²) in [5.41, 5.74) is 1.62. The molecular weight excluding hydrogens is 236 g/mol. The minimum absolute atomic E-state index is 0.218. The van der Waals surface area contributed by atoms with Crippen molar-refractivity contribution in [2.75, 3.05) is 7.11 Å². The molecule has 2 nitrogen and oxygen atoms in total. The van der Waals surface area contributed by atoms with Crippen molar-refractivity contribution >= 4 is 5.78 Å². The van der Waals surface area contributed by atoms with Crippen molar-refractivity contribution in [1.29, 1.82) is 0 Å². The largest absolute Gasteiger partial charge is 0.370 e. The molecule has 2 heteroatoms. The topological polar surface area (TPSA) is 26.3 Å². The van der Waals surface area contributed by atoms with Gasteiger partial charge in [0.1, 0.15) is 5.60 Å². The van der Waals surface area contributed by atoms with E-state index in [2.05, 4.69) is 12.1 Å². The average molecular weight is 258 g/mol. The molecule has 0 N–H and O–H groups in total. The van der Waals surface area contributed by atoms with Gasteiger partial charge in [0.2, 0.25) is 0 Å². The first kappa shape index (κ1) is 12.9. The van der Waals surface area contributed by atoms with Gasteiger partial charge in [-0.1, -0.05) is 30.7 Å². The number of carbonyl (C=O) groups is 1. The lowest BCUT2D eigenvalue weighted by molar-refractivity contribution is 0.00587. The molecule has 0 aromatic heterocycles. The molecular formula is C17H22O2. The van der Waals surface area contributed by atoms with Crippen LogP contribution in [0.1, 0.15) is 66.8 Å². The van der Waals surface area contributed by atoms with E-state index in [0.717, 1.165) is 31.2 Å². The first-order valence-electron chi connectivity index (χ1n) is 7.46. The Morgan fingerprint density at radius 2 is 1.84 bits per heavy atom. The molecule has 0 amide bonds. The van der Waals surface area contributed by atoms with E-state index >= 15 is 0 Å². The highest BCUT2D eigenvalue weighted by molar-refractivity contribution is 6.04. The Morgan fingerprint density at radius 3 is 2.42 bits per heavy atom. The van der Waals surface area contributed by atoms with E-state index in [9.17, 15) is 4.79 Å². The number of hydrogen-bond acceptors (Lipinski definition) is 2. The summed E-state index contributed by atoms with van der Waals surface area (Å²) >= 11 is 0. The zero-order valence-electron chi connectivity index (χ0n) is 11.7. The summed E-state index contributed by atoms with van der Waals surface area (Å²) in [5, 5.41) is 0. The SMILES string of the molecule is COC1(C(=O)c2ccccc2C2CCC2)CCCC1. The Balaban J connectivity index is 1.94. The van der Waals surface area contributed by atoms with Gasteiger partial charge in [-0.3, -0.25) is 4.79 Å². The fraction of sp³-hybridized carbons (Fsp3) is 0.588. The van der Waals surface area contributed by atoms with Gasteiger partial charge in [-0.15, -0.1) is 0 Å². The van der Waals surface area contributed by atoms with Crippen molar-refractivity contribution in [3.05, 3.63) is 35.4 Å². The van der Waals surface area contributed by atoms with Crippen molar-refractivity contribution < 1.29 is 9.53 Å². The minimum atomic E-state index is -0.542. The Morgan fingerprint density at radius 1 is 1.16 bits per heavy atom. The van der Waals surface area contributed by atoms with Gasteiger partial charge < -0.3 is 4.74 Å². The van der Waals surface area contributed by atoms with Crippen molar-refractivity contribution in [1.82, 2.24) is 0 Å². The molecule has 102 valence electrons. The summed E-state index contributed by atoms with van der Waals surface area (Å²) in [4.78, 5) is 12.9.